The SMILES string of the molecule is O=C(N[C@H]1CC(=O)N(c2ccc3c(c2)OCCO3)C1)c1c(F)cccc1F. The van der Waals surface area contributed by atoms with Gasteiger partial charge in [0.2, 0.25) is 5.91 Å². The lowest BCUT2D eigenvalue weighted by molar-refractivity contribution is -0.117. The zero-order valence-corrected chi connectivity index (χ0v) is 14.2. The Labute approximate surface area is 153 Å². The molecule has 1 saturated heterocycles. The minimum absolute atomic E-state index is 0.0379. The molecule has 27 heavy (non-hydrogen) atoms. The second-order valence-corrected chi connectivity index (χ2v) is 6.30. The molecule has 2 aromatic rings. The number of hydrogen-bond donors (Lipinski definition) is 1. The number of carbonyl (C=O) groups excluding carboxylic acids is 2. The highest BCUT2D eigenvalue weighted by atomic mass is 19.1. The molecule has 2 amide bonds. The number of nitrogens with zero attached hydrogens (tertiary/aromatic N) is 1. The monoisotopic (exact) mass is 374 g/mol. The quantitative estimate of drug-likeness (QED) is 0.895. The van der Waals surface area contributed by atoms with Gasteiger partial charge < -0.3 is 19.7 Å². The molecule has 2 aromatic carbocycles. The number of hydrogen-bond acceptors (Lipinski definition) is 4. The van der Waals surface area contributed by atoms with E-state index in [1.54, 1.807) is 18.2 Å². The fourth-order valence-corrected chi connectivity index (χ4v) is 3.23. The van der Waals surface area contributed by atoms with Crippen molar-refractivity contribution < 1.29 is 27.8 Å². The highest BCUT2D eigenvalue weighted by Crippen LogP contribution is 2.35. The van der Waals surface area contributed by atoms with Gasteiger partial charge in [-0.3, -0.25) is 9.59 Å². The summed E-state index contributed by atoms with van der Waals surface area (Å²) < 4.78 is 38.5. The number of ether oxygens (including phenoxy) is 2. The first kappa shape index (κ1) is 17.3. The molecule has 0 aromatic heterocycles. The summed E-state index contributed by atoms with van der Waals surface area (Å²) in [5.74, 6) is -1.82. The van der Waals surface area contributed by atoms with Gasteiger partial charge in [0.25, 0.3) is 5.91 Å². The van der Waals surface area contributed by atoms with Crippen molar-refractivity contribution in [3.05, 3.63) is 53.6 Å². The van der Waals surface area contributed by atoms with Crippen LogP contribution in [0.5, 0.6) is 11.5 Å². The van der Waals surface area contributed by atoms with Gasteiger partial charge in [-0.15, -0.1) is 0 Å². The molecule has 1 N–H and O–H groups in total. The Balaban J connectivity index is 1.49. The normalized spacial score (nSPS) is 18.5. The van der Waals surface area contributed by atoms with Crippen molar-refractivity contribution in [2.75, 3.05) is 24.7 Å². The largest absolute Gasteiger partial charge is 0.486 e. The summed E-state index contributed by atoms with van der Waals surface area (Å²) >= 11 is 0. The molecule has 4 rings (SSSR count). The third kappa shape index (κ3) is 3.30. The highest BCUT2D eigenvalue weighted by Gasteiger charge is 2.33. The summed E-state index contributed by atoms with van der Waals surface area (Å²) in [6, 6.07) is 7.80. The first-order chi connectivity index (χ1) is 13.0. The summed E-state index contributed by atoms with van der Waals surface area (Å²) in [4.78, 5) is 26.1. The first-order valence-corrected chi connectivity index (χ1v) is 8.48. The van der Waals surface area contributed by atoms with Gasteiger partial charge in [-0.25, -0.2) is 8.78 Å². The highest BCUT2D eigenvalue weighted by molar-refractivity contribution is 5.99. The van der Waals surface area contributed by atoms with E-state index in [-0.39, 0.29) is 18.9 Å². The van der Waals surface area contributed by atoms with Crippen LogP contribution in [0, 0.1) is 11.6 Å². The standard InChI is InChI=1S/C19H16F2N2O4/c20-13-2-1-3-14(21)18(13)19(25)22-11-8-17(24)23(10-11)12-4-5-15-16(9-12)27-7-6-26-15/h1-5,9,11H,6-8,10H2,(H,22,25)/t11-/m0/s1. The van der Waals surface area contributed by atoms with E-state index in [9.17, 15) is 18.4 Å². The average Bonchev–Trinajstić information content (AvgIpc) is 3.01. The third-order valence-corrected chi connectivity index (χ3v) is 4.49. The van der Waals surface area contributed by atoms with Crippen molar-refractivity contribution >= 4 is 17.5 Å². The van der Waals surface area contributed by atoms with Crippen molar-refractivity contribution in [2.45, 2.75) is 12.5 Å². The van der Waals surface area contributed by atoms with Crippen LogP contribution >= 0.6 is 0 Å². The molecular weight excluding hydrogens is 358 g/mol. The molecule has 2 aliphatic rings. The summed E-state index contributed by atoms with van der Waals surface area (Å²) in [5, 5.41) is 2.53. The van der Waals surface area contributed by atoms with E-state index in [0.29, 0.717) is 30.4 Å². The lowest BCUT2D eigenvalue weighted by Gasteiger charge is -2.22. The Kier molecular flexibility index (Phi) is 4.39. The number of benzene rings is 2. The fourth-order valence-electron chi connectivity index (χ4n) is 3.23. The topological polar surface area (TPSA) is 67.9 Å². The summed E-state index contributed by atoms with van der Waals surface area (Å²) in [6.45, 7) is 1.09. The molecule has 6 nitrogen and oxygen atoms in total. The molecule has 140 valence electrons. The van der Waals surface area contributed by atoms with Gasteiger partial charge in [-0.2, -0.15) is 0 Å². The van der Waals surface area contributed by atoms with Gasteiger partial charge in [0.05, 0.1) is 6.04 Å². The molecular formula is C19H16F2N2O4. The lowest BCUT2D eigenvalue weighted by atomic mass is 10.1. The van der Waals surface area contributed by atoms with Crippen LogP contribution in [0.2, 0.25) is 0 Å². The smallest absolute Gasteiger partial charge is 0.257 e. The van der Waals surface area contributed by atoms with Gasteiger partial charge in [-0.1, -0.05) is 6.07 Å². The Morgan fingerprint density at radius 3 is 2.52 bits per heavy atom. The third-order valence-electron chi connectivity index (χ3n) is 4.49. The molecule has 0 spiro atoms. The number of amides is 2. The number of fused-ring (bicyclic) bond motifs is 1. The molecule has 1 atom stereocenters. The Morgan fingerprint density at radius 2 is 1.78 bits per heavy atom. The van der Waals surface area contributed by atoms with Crippen LogP contribution < -0.4 is 19.7 Å². The average molecular weight is 374 g/mol. The fraction of sp³-hybridized carbons (Fsp3) is 0.263. The minimum Gasteiger partial charge on any atom is -0.486 e. The predicted octanol–water partition coefficient (Wildman–Crippen LogP) is 2.27. The van der Waals surface area contributed by atoms with Gasteiger partial charge in [0, 0.05) is 24.7 Å². The molecule has 0 bridgehead atoms. The minimum atomic E-state index is -0.944. The van der Waals surface area contributed by atoms with Gasteiger partial charge in [0.15, 0.2) is 11.5 Å². The van der Waals surface area contributed by atoms with Crippen molar-refractivity contribution in [3.8, 4) is 11.5 Å². The van der Waals surface area contributed by atoms with Gasteiger partial charge in [0.1, 0.15) is 30.4 Å². The lowest BCUT2D eigenvalue weighted by Crippen LogP contribution is -2.38. The predicted molar refractivity (Wildman–Crippen MR) is 92.0 cm³/mol. The van der Waals surface area contributed by atoms with E-state index in [2.05, 4.69) is 5.32 Å². The zero-order valence-electron chi connectivity index (χ0n) is 14.2. The second kappa shape index (κ2) is 6.86. The van der Waals surface area contributed by atoms with E-state index in [0.717, 1.165) is 12.1 Å². The van der Waals surface area contributed by atoms with Crippen molar-refractivity contribution in [1.29, 1.82) is 0 Å². The second-order valence-electron chi connectivity index (χ2n) is 6.30. The number of rotatable bonds is 3. The van der Waals surface area contributed by atoms with Crippen LogP contribution in [0.15, 0.2) is 36.4 Å². The summed E-state index contributed by atoms with van der Waals surface area (Å²) in [6.07, 6.45) is 0.0379. The van der Waals surface area contributed by atoms with Crippen molar-refractivity contribution in [3.63, 3.8) is 0 Å². The molecule has 2 heterocycles. The molecule has 2 aliphatic heterocycles. The maximum absolute atomic E-state index is 13.7. The summed E-state index contributed by atoms with van der Waals surface area (Å²) in [7, 11) is 0. The number of anilines is 1. The van der Waals surface area contributed by atoms with E-state index >= 15 is 0 Å². The maximum Gasteiger partial charge on any atom is 0.257 e. The molecule has 1 fully saturated rings. The zero-order chi connectivity index (χ0) is 19.0. The summed E-state index contributed by atoms with van der Waals surface area (Å²) in [5.41, 5.74) is -0.0409. The Hall–Kier alpha value is -3.16. The van der Waals surface area contributed by atoms with E-state index in [4.69, 9.17) is 9.47 Å². The maximum atomic E-state index is 13.7. The van der Waals surface area contributed by atoms with Gasteiger partial charge in [-0.05, 0) is 24.3 Å². The molecule has 0 aliphatic carbocycles. The van der Waals surface area contributed by atoms with Crippen molar-refractivity contribution in [2.24, 2.45) is 0 Å². The number of halogens is 2. The number of carbonyl (C=O) groups is 2. The molecule has 8 heteroatoms. The van der Waals surface area contributed by atoms with E-state index in [1.807, 2.05) is 0 Å². The van der Waals surface area contributed by atoms with E-state index in [1.165, 1.54) is 11.0 Å². The Morgan fingerprint density at radius 1 is 1.07 bits per heavy atom. The van der Waals surface area contributed by atoms with E-state index < -0.39 is 29.1 Å². The van der Waals surface area contributed by atoms with Crippen LogP contribution in [0.25, 0.3) is 0 Å². The molecule has 0 unspecified atom stereocenters. The van der Waals surface area contributed by atoms with Gasteiger partial charge >= 0.3 is 0 Å². The van der Waals surface area contributed by atoms with Crippen LogP contribution in [0.1, 0.15) is 16.8 Å². The number of nitrogens with one attached hydrogen (secondary N) is 1. The van der Waals surface area contributed by atoms with Crippen LogP contribution in [-0.2, 0) is 4.79 Å². The Bertz CT molecular complexity index is 898. The van der Waals surface area contributed by atoms with Crippen LogP contribution in [0.3, 0.4) is 0 Å². The molecule has 0 radical (unpaired) electrons. The molecule has 0 saturated carbocycles. The first-order valence-electron chi connectivity index (χ1n) is 8.48. The van der Waals surface area contributed by atoms with Crippen molar-refractivity contribution in [1.82, 2.24) is 5.32 Å². The van der Waals surface area contributed by atoms with Crippen LogP contribution in [0.4, 0.5) is 14.5 Å². The van der Waals surface area contributed by atoms with Crippen LogP contribution in [-0.4, -0.2) is 37.6 Å².